The second-order valence-electron chi connectivity index (χ2n) is 6.90. The molecule has 0 radical (unpaired) electrons. The van der Waals surface area contributed by atoms with Gasteiger partial charge in [0.1, 0.15) is 11.6 Å². The molecule has 22 heavy (non-hydrogen) atoms. The maximum Gasteiger partial charge on any atom is 0.411 e. The Balaban J connectivity index is 2.31. The average Bonchev–Trinajstić information content (AvgIpc) is 2.82. The summed E-state index contributed by atoms with van der Waals surface area (Å²) in [5, 5.41) is 0. The maximum absolute atomic E-state index is 12.6. The zero-order valence-electron chi connectivity index (χ0n) is 13.8. The van der Waals surface area contributed by atoms with Crippen molar-refractivity contribution in [3.63, 3.8) is 0 Å². The second-order valence-corrected chi connectivity index (χ2v) is 6.90. The number of carbonyl (C=O) groups excluding carboxylic acids is 2. The lowest BCUT2D eigenvalue weighted by atomic mass is 9.85. The fourth-order valence-electron chi connectivity index (χ4n) is 3.21. The Bertz CT molecular complexity index is 503. The Kier molecular flexibility index (Phi) is 4.63. The molecule has 0 N–H and O–H groups in total. The molecule has 0 spiro atoms. The first-order valence-electron chi connectivity index (χ1n) is 7.69. The molecule has 0 aromatic heterocycles. The van der Waals surface area contributed by atoms with Crippen LogP contribution in [0.5, 0.6) is 0 Å². The molecule has 1 heterocycles. The maximum atomic E-state index is 12.6. The number of amides is 1. The Morgan fingerprint density at radius 3 is 2.64 bits per heavy atom. The number of ether oxygens (including phenoxy) is 2. The molecule has 5 heteroatoms. The summed E-state index contributed by atoms with van der Waals surface area (Å²) in [6.45, 7) is 9.25. The smallest absolute Gasteiger partial charge is 0.411 e. The van der Waals surface area contributed by atoms with E-state index >= 15 is 0 Å². The normalized spacial score (nSPS) is 27.7. The highest BCUT2D eigenvalue weighted by Crippen LogP contribution is 2.40. The van der Waals surface area contributed by atoms with Crippen LogP contribution in [0, 0.1) is 5.92 Å². The number of allylic oxidation sites excluding steroid dienone is 2. The molecule has 1 fully saturated rings. The Labute approximate surface area is 131 Å². The lowest BCUT2D eigenvalue weighted by Crippen LogP contribution is -2.48. The average molecular weight is 307 g/mol. The number of likely N-dealkylation sites (tertiary alicyclic amines) is 1. The number of rotatable bonds is 2. The van der Waals surface area contributed by atoms with Crippen LogP contribution < -0.4 is 0 Å². The predicted molar refractivity (Wildman–Crippen MR) is 83.3 cm³/mol. The summed E-state index contributed by atoms with van der Waals surface area (Å²) >= 11 is 0. The van der Waals surface area contributed by atoms with Crippen molar-refractivity contribution in [2.24, 2.45) is 5.92 Å². The van der Waals surface area contributed by atoms with E-state index in [1.165, 1.54) is 7.11 Å². The molecule has 5 nitrogen and oxygen atoms in total. The van der Waals surface area contributed by atoms with E-state index < -0.39 is 17.7 Å². The molecule has 122 valence electrons. The van der Waals surface area contributed by atoms with Gasteiger partial charge in [0.25, 0.3) is 0 Å². The lowest BCUT2D eigenvalue weighted by Gasteiger charge is -2.33. The van der Waals surface area contributed by atoms with Crippen LogP contribution in [0.4, 0.5) is 4.79 Å². The van der Waals surface area contributed by atoms with E-state index in [1.807, 2.05) is 32.9 Å². The molecule has 0 saturated carbocycles. The van der Waals surface area contributed by atoms with Gasteiger partial charge in [-0.1, -0.05) is 24.3 Å². The van der Waals surface area contributed by atoms with E-state index in [0.29, 0.717) is 6.42 Å². The Morgan fingerprint density at radius 2 is 2.09 bits per heavy atom. The standard InChI is InChI=1S/C17H25NO4/c1-6-11-7-8-12-10-14(15(19)21-5)18(13(12)9-11)16(20)22-17(2,3)4/h6,9,12-14H,1,7-8,10H2,2-5H3/t12-,13-,14-/m0/s1. The minimum Gasteiger partial charge on any atom is -0.467 e. The molecule has 2 aliphatic rings. The second kappa shape index (κ2) is 6.15. The highest BCUT2D eigenvalue weighted by atomic mass is 16.6. The van der Waals surface area contributed by atoms with Crippen molar-refractivity contribution < 1.29 is 19.1 Å². The molecule has 1 amide bonds. The van der Waals surface area contributed by atoms with Gasteiger partial charge >= 0.3 is 12.1 Å². The molecule has 2 rings (SSSR count). The summed E-state index contributed by atoms with van der Waals surface area (Å²) in [5.74, 6) is -0.117. The van der Waals surface area contributed by atoms with Crippen LogP contribution in [0.1, 0.15) is 40.0 Å². The van der Waals surface area contributed by atoms with Crippen LogP contribution in [0.2, 0.25) is 0 Å². The van der Waals surface area contributed by atoms with Crippen LogP contribution in [-0.4, -0.2) is 41.8 Å². The summed E-state index contributed by atoms with van der Waals surface area (Å²) in [6, 6.07) is -0.698. The van der Waals surface area contributed by atoms with Gasteiger partial charge in [-0.05, 0) is 46.0 Å². The predicted octanol–water partition coefficient (Wildman–Crippen LogP) is 3.06. The van der Waals surface area contributed by atoms with Gasteiger partial charge in [0.2, 0.25) is 0 Å². The van der Waals surface area contributed by atoms with E-state index in [-0.39, 0.29) is 17.9 Å². The SMILES string of the molecule is C=CC1=C[C@H]2[C@@H](CC1)C[C@@H](C(=O)OC)N2C(=O)OC(C)(C)C. The highest BCUT2D eigenvalue weighted by Gasteiger charge is 2.48. The largest absolute Gasteiger partial charge is 0.467 e. The molecule has 0 aromatic rings. The number of hydrogen-bond acceptors (Lipinski definition) is 4. The van der Waals surface area contributed by atoms with E-state index in [2.05, 4.69) is 6.58 Å². The van der Waals surface area contributed by atoms with Gasteiger partial charge in [0.15, 0.2) is 0 Å². The Hall–Kier alpha value is -1.78. The van der Waals surface area contributed by atoms with Crippen molar-refractivity contribution >= 4 is 12.1 Å². The third kappa shape index (κ3) is 3.34. The summed E-state index contributed by atoms with van der Waals surface area (Å²) < 4.78 is 10.4. The number of hydrogen-bond donors (Lipinski definition) is 0. The summed E-state index contributed by atoms with van der Waals surface area (Å²) in [6.07, 6.45) is 5.88. The van der Waals surface area contributed by atoms with Crippen molar-refractivity contribution in [3.8, 4) is 0 Å². The van der Waals surface area contributed by atoms with Crippen LogP contribution in [0.3, 0.4) is 0 Å². The van der Waals surface area contributed by atoms with Gasteiger partial charge < -0.3 is 9.47 Å². The van der Waals surface area contributed by atoms with Crippen molar-refractivity contribution in [2.75, 3.05) is 7.11 Å². The van der Waals surface area contributed by atoms with E-state index in [1.54, 1.807) is 4.90 Å². The van der Waals surface area contributed by atoms with Crippen LogP contribution in [0.15, 0.2) is 24.3 Å². The topological polar surface area (TPSA) is 55.8 Å². The van der Waals surface area contributed by atoms with Crippen molar-refractivity contribution in [1.82, 2.24) is 4.90 Å². The molecule has 3 atom stereocenters. The molecule has 0 unspecified atom stereocenters. The lowest BCUT2D eigenvalue weighted by molar-refractivity contribution is -0.146. The van der Waals surface area contributed by atoms with Crippen molar-refractivity contribution in [3.05, 3.63) is 24.3 Å². The first-order valence-corrected chi connectivity index (χ1v) is 7.69. The molecule has 0 aromatic carbocycles. The highest BCUT2D eigenvalue weighted by molar-refractivity contribution is 5.83. The molecule has 1 saturated heterocycles. The molecular formula is C17H25NO4. The van der Waals surface area contributed by atoms with Gasteiger partial charge in [0.05, 0.1) is 13.2 Å². The number of esters is 1. The molecule has 1 aliphatic carbocycles. The minimum atomic E-state index is -0.602. The zero-order chi connectivity index (χ0) is 16.5. The third-order valence-electron chi connectivity index (χ3n) is 4.19. The fourth-order valence-corrected chi connectivity index (χ4v) is 3.21. The molecule has 0 bridgehead atoms. The number of nitrogens with zero attached hydrogens (tertiary/aromatic N) is 1. The Morgan fingerprint density at radius 1 is 1.41 bits per heavy atom. The van der Waals surface area contributed by atoms with E-state index in [0.717, 1.165) is 18.4 Å². The molecular weight excluding hydrogens is 282 g/mol. The fraction of sp³-hybridized carbons (Fsp3) is 0.647. The number of fused-ring (bicyclic) bond motifs is 1. The van der Waals surface area contributed by atoms with E-state index in [4.69, 9.17) is 9.47 Å². The summed E-state index contributed by atoms with van der Waals surface area (Å²) in [7, 11) is 1.35. The summed E-state index contributed by atoms with van der Waals surface area (Å²) in [5.41, 5.74) is 0.510. The first-order chi connectivity index (χ1) is 10.3. The monoisotopic (exact) mass is 307 g/mol. The van der Waals surface area contributed by atoms with Gasteiger partial charge in [0, 0.05) is 0 Å². The summed E-state index contributed by atoms with van der Waals surface area (Å²) in [4.78, 5) is 26.2. The van der Waals surface area contributed by atoms with Gasteiger partial charge in [-0.3, -0.25) is 4.90 Å². The van der Waals surface area contributed by atoms with Crippen LogP contribution in [-0.2, 0) is 14.3 Å². The van der Waals surface area contributed by atoms with Gasteiger partial charge in [-0.2, -0.15) is 0 Å². The van der Waals surface area contributed by atoms with Crippen LogP contribution >= 0.6 is 0 Å². The van der Waals surface area contributed by atoms with E-state index in [9.17, 15) is 9.59 Å². The van der Waals surface area contributed by atoms with Crippen molar-refractivity contribution in [2.45, 2.75) is 57.7 Å². The third-order valence-corrected chi connectivity index (χ3v) is 4.19. The number of carbonyl (C=O) groups is 2. The molecule has 1 aliphatic heterocycles. The first kappa shape index (κ1) is 16.6. The minimum absolute atomic E-state index is 0.124. The van der Waals surface area contributed by atoms with Crippen LogP contribution in [0.25, 0.3) is 0 Å². The van der Waals surface area contributed by atoms with Gasteiger partial charge in [-0.25, -0.2) is 9.59 Å². The number of methoxy groups -OCH3 is 1. The van der Waals surface area contributed by atoms with Crippen molar-refractivity contribution in [1.29, 1.82) is 0 Å². The van der Waals surface area contributed by atoms with Gasteiger partial charge in [-0.15, -0.1) is 0 Å². The zero-order valence-corrected chi connectivity index (χ0v) is 13.8. The quantitative estimate of drug-likeness (QED) is 0.736.